The van der Waals surface area contributed by atoms with Gasteiger partial charge in [0.05, 0.1) is 72.3 Å². The maximum absolute atomic E-state index is 14.2. The van der Waals surface area contributed by atoms with Gasteiger partial charge in [0.25, 0.3) is 0 Å². The van der Waals surface area contributed by atoms with Gasteiger partial charge in [0.1, 0.15) is 29.9 Å². The van der Waals surface area contributed by atoms with Crippen molar-refractivity contribution in [2.24, 2.45) is 35.3 Å². The van der Waals surface area contributed by atoms with Crippen LogP contribution in [0.4, 0.5) is 14.4 Å². The molecule has 5 amide bonds. The monoisotopic (exact) mass is 1420 g/mol. The molecule has 26 nitrogen and oxygen atoms in total. The molecule has 12 atom stereocenters. The molecular formula is C71H102N8O18S2. The lowest BCUT2D eigenvalue weighted by Crippen LogP contribution is -2.55. The molecule has 0 saturated carbocycles. The van der Waals surface area contributed by atoms with Crippen LogP contribution in [0.25, 0.3) is 0 Å². The van der Waals surface area contributed by atoms with E-state index in [0.717, 1.165) is 23.1 Å². The minimum Gasteiger partial charge on any atom is -0.444 e. The third kappa shape index (κ3) is 22.1. The molecule has 5 aliphatic heterocycles. The molecule has 546 valence electrons. The van der Waals surface area contributed by atoms with Crippen LogP contribution in [0.2, 0.25) is 0 Å². The first-order chi connectivity index (χ1) is 47.0. The summed E-state index contributed by atoms with van der Waals surface area (Å²) >= 11 is 0. The smallest absolute Gasteiger partial charge is 0.408 e. The lowest BCUT2D eigenvalue weighted by Gasteiger charge is -2.31. The van der Waals surface area contributed by atoms with E-state index in [1.807, 2.05) is 102 Å². The van der Waals surface area contributed by atoms with Crippen LogP contribution in [0, 0.1) is 29.6 Å². The maximum atomic E-state index is 14.2. The van der Waals surface area contributed by atoms with Crippen LogP contribution in [0.1, 0.15) is 110 Å². The standard InChI is InChI=1S/C43H63N5O11S.C28H39N3O7S/c1-27(2)24-47(25-35(49)33(22-29-12-9-8-10-13-29)45-41(52)58-36-26-57-40-32(36)19-21-56-40)60(54,55)31-17-15-30(16-18-31)23-44-38(50)34-14-11-20-48(34)39(51)37(28(3)4)46-42(53)59-43(5,6)7;1-19(2)16-31(39(34,35)22-10-8-21(15-29)9-11-22)17-25(32)24(14-20-6-4-3-5-7-20)30-28(33)38-26-18-37-27-23(26)12-13-36-27/h8-10,12-13,15-18,27-28,32-37,40,49H,11,14,19-26H2,1-7H3,(H,44,50)(H,45,52)(H,46,53);3-11,19,23-27,32H,12-18,29H2,1-2H3,(H,30,33)/t32-,33-,34-,35+,36-,37-,40+;23-,24-,25+,26-,27+/m00/s1. The maximum Gasteiger partial charge on any atom is 0.408 e. The Hall–Kier alpha value is -6.83. The largest absolute Gasteiger partial charge is 0.444 e. The van der Waals surface area contributed by atoms with Gasteiger partial charge < -0.3 is 75.3 Å². The fourth-order valence-corrected chi connectivity index (χ4v) is 15.9. The number of nitrogens with one attached hydrogen (secondary N) is 4. The number of benzene rings is 4. The number of carbonyl (C=O) groups excluding carboxylic acids is 5. The molecule has 0 radical (unpaired) electrons. The van der Waals surface area contributed by atoms with Crippen molar-refractivity contribution >= 4 is 50.1 Å². The summed E-state index contributed by atoms with van der Waals surface area (Å²) in [6.07, 6.45) is -3.34. The number of sulfonamides is 2. The van der Waals surface area contributed by atoms with E-state index >= 15 is 0 Å². The zero-order valence-corrected chi connectivity index (χ0v) is 59.9. The van der Waals surface area contributed by atoms with Gasteiger partial charge >= 0.3 is 18.3 Å². The van der Waals surface area contributed by atoms with Gasteiger partial charge in [-0.2, -0.15) is 8.61 Å². The van der Waals surface area contributed by atoms with Crippen LogP contribution < -0.4 is 27.0 Å². The van der Waals surface area contributed by atoms with Crippen LogP contribution in [0.3, 0.4) is 0 Å². The van der Waals surface area contributed by atoms with E-state index in [1.165, 1.54) is 37.8 Å². The number of carbonyl (C=O) groups is 5. The number of hydrogen-bond acceptors (Lipinski definition) is 19. The van der Waals surface area contributed by atoms with Gasteiger partial charge in [-0.1, -0.05) is 126 Å². The van der Waals surface area contributed by atoms with E-state index in [9.17, 15) is 51.0 Å². The number of nitrogens with zero attached hydrogens (tertiary/aromatic N) is 3. The minimum atomic E-state index is -4.14. The Labute approximate surface area is 582 Å². The Morgan fingerprint density at radius 3 is 1.44 bits per heavy atom. The second-order valence-corrected chi connectivity index (χ2v) is 32.0. The van der Waals surface area contributed by atoms with Crippen LogP contribution >= 0.6 is 0 Å². The molecular weight excluding hydrogens is 1320 g/mol. The fraction of sp³-hybridized carbons (Fsp3) is 0.592. The molecule has 5 saturated heterocycles. The topological polar surface area (TPSA) is 343 Å². The molecule has 0 unspecified atom stereocenters. The highest BCUT2D eigenvalue weighted by Crippen LogP contribution is 2.35. The molecule has 5 aliphatic rings. The molecule has 9 rings (SSSR count). The van der Waals surface area contributed by atoms with E-state index < -0.39 is 98.8 Å². The van der Waals surface area contributed by atoms with E-state index in [2.05, 4.69) is 21.3 Å². The first-order valence-electron chi connectivity index (χ1n) is 34.3. The average molecular weight is 1420 g/mol. The summed E-state index contributed by atoms with van der Waals surface area (Å²) in [5, 5.41) is 34.2. The zero-order chi connectivity index (χ0) is 71.8. The van der Waals surface area contributed by atoms with Crippen LogP contribution in [0.15, 0.2) is 119 Å². The number of likely N-dealkylation sites (tertiary alicyclic amines) is 1. The van der Waals surface area contributed by atoms with E-state index in [1.54, 1.807) is 45.0 Å². The van der Waals surface area contributed by atoms with Crippen molar-refractivity contribution in [3.8, 4) is 0 Å². The lowest BCUT2D eigenvalue weighted by molar-refractivity contribution is -0.140. The predicted octanol–water partition coefficient (Wildman–Crippen LogP) is 6.20. The van der Waals surface area contributed by atoms with Crippen LogP contribution in [0.5, 0.6) is 0 Å². The zero-order valence-electron chi connectivity index (χ0n) is 58.2. The molecule has 28 heteroatoms. The van der Waals surface area contributed by atoms with Crippen LogP contribution in [-0.2, 0) is 88.7 Å². The summed E-state index contributed by atoms with van der Waals surface area (Å²) in [7, 11) is -8.06. The Kier molecular flexibility index (Phi) is 28.1. The van der Waals surface area contributed by atoms with Gasteiger partial charge in [0, 0.05) is 45.8 Å². The fourth-order valence-electron chi connectivity index (χ4n) is 12.7. The van der Waals surface area contributed by atoms with Crippen molar-refractivity contribution in [1.29, 1.82) is 0 Å². The average Bonchev–Trinajstić information content (AvgIpc) is 1.71. The number of nitrogens with two attached hydrogens (primary N) is 1. The molecule has 0 aromatic heterocycles. The van der Waals surface area contributed by atoms with Gasteiger partial charge in [0.2, 0.25) is 31.9 Å². The molecule has 0 bridgehead atoms. The number of amides is 5. The van der Waals surface area contributed by atoms with Crippen LogP contribution in [-0.4, -0.2) is 197 Å². The summed E-state index contributed by atoms with van der Waals surface area (Å²) in [4.78, 5) is 67.4. The molecule has 99 heavy (non-hydrogen) atoms. The molecule has 0 aliphatic carbocycles. The summed E-state index contributed by atoms with van der Waals surface area (Å²) in [6, 6.07) is 27.9. The Balaban J connectivity index is 0.000000276. The van der Waals surface area contributed by atoms with Crippen molar-refractivity contribution in [3.63, 3.8) is 0 Å². The highest BCUT2D eigenvalue weighted by atomic mass is 32.2. The highest BCUT2D eigenvalue weighted by Gasteiger charge is 2.46. The van der Waals surface area contributed by atoms with E-state index in [0.29, 0.717) is 51.1 Å². The predicted molar refractivity (Wildman–Crippen MR) is 367 cm³/mol. The first kappa shape index (κ1) is 77.9. The summed E-state index contributed by atoms with van der Waals surface area (Å²) < 4.78 is 97.0. The van der Waals surface area contributed by atoms with Crippen molar-refractivity contribution < 1.29 is 84.2 Å². The van der Waals surface area contributed by atoms with Gasteiger partial charge in [-0.25, -0.2) is 31.2 Å². The summed E-state index contributed by atoms with van der Waals surface area (Å²) in [6.45, 7) is 18.5. The normalized spacial score (nSPS) is 22.2. The number of ether oxygens (including phenoxy) is 7. The third-order valence-corrected chi connectivity index (χ3v) is 21.5. The Bertz CT molecular complexity index is 3500. The molecule has 5 heterocycles. The second-order valence-electron chi connectivity index (χ2n) is 28.2. The van der Waals surface area contributed by atoms with Crippen molar-refractivity contribution in [2.75, 3.05) is 59.2 Å². The molecule has 4 aromatic carbocycles. The summed E-state index contributed by atoms with van der Waals surface area (Å²) in [5.74, 6) is -1.16. The number of alkyl carbamates (subject to hydrolysis) is 3. The minimum absolute atomic E-state index is 0.00301. The van der Waals surface area contributed by atoms with Gasteiger partial charge in [0.15, 0.2) is 12.6 Å². The van der Waals surface area contributed by atoms with Crippen molar-refractivity contribution in [3.05, 3.63) is 131 Å². The third-order valence-electron chi connectivity index (χ3n) is 17.8. The number of hydrogen-bond donors (Lipinski definition) is 7. The SMILES string of the molecule is CC(C)CN(C[C@@H](O)[C@H](Cc1ccccc1)NC(=O)O[C@H]1CO[C@H]2OCC[C@H]21)S(=O)(=O)c1ccc(CN)cc1.CC(C)CN(C[C@@H](O)[C@H](Cc1ccccc1)NC(=O)O[C@H]1CO[C@H]2OCC[C@H]21)S(=O)(=O)c1ccc(CNC(=O)[C@@H]2CCCN2C(=O)[C@@H](NC(=O)OC(C)(C)C)C(C)C)cc1. The molecule has 0 spiro atoms. The number of rotatable bonds is 29. The number of fused-ring (bicyclic) bond motifs is 2. The lowest BCUT2D eigenvalue weighted by atomic mass is 10.0. The quantitative estimate of drug-likeness (QED) is 0.0297. The summed E-state index contributed by atoms with van der Waals surface area (Å²) in [5.41, 5.74) is 8.08. The van der Waals surface area contributed by atoms with Gasteiger partial charge in [-0.15, -0.1) is 0 Å². The Morgan fingerprint density at radius 2 is 1.03 bits per heavy atom. The highest BCUT2D eigenvalue weighted by molar-refractivity contribution is 7.89. The molecule has 8 N–H and O–H groups in total. The van der Waals surface area contributed by atoms with E-state index in [-0.39, 0.29) is 116 Å². The van der Waals surface area contributed by atoms with Crippen molar-refractivity contribution in [1.82, 2.24) is 34.8 Å². The molecule has 4 aromatic rings. The van der Waals surface area contributed by atoms with Gasteiger partial charge in [-0.3, -0.25) is 9.59 Å². The number of aliphatic hydroxyl groups excluding tert-OH is 2. The van der Waals surface area contributed by atoms with E-state index in [4.69, 9.17) is 38.9 Å². The second kappa shape index (κ2) is 35.7. The molecule has 5 fully saturated rings. The van der Waals surface area contributed by atoms with Crippen molar-refractivity contribution in [2.45, 2.75) is 190 Å². The first-order valence-corrected chi connectivity index (χ1v) is 37.2. The Morgan fingerprint density at radius 1 is 0.586 bits per heavy atom. The number of aliphatic hydroxyl groups is 2. The van der Waals surface area contributed by atoms with Gasteiger partial charge in [-0.05, 0) is 124 Å².